The molecule has 3 rings (SSSR count). The van der Waals surface area contributed by atoms with Crippen molar-refractivity contribution in [3.05, 3.63) is 47.6 Å². The van der Waals surface area contributed by atoms with Crippen molar-refractivity contribution in [1.82, 2.24) is 15.5 Å². The molecule has 1 amide bonds. The van der Waals surface area contributed by atoms with Crippen LogP contribution in [0.4, 0.5) is 0 Å². The number of hydrogen-bond donors (Lipinski definition) is 2. The Morgan fingerprint density at radius 1 is 1.29 bits per heavy atom. The van der Waals surface area contributed by atoms with Gasteiger partial charge in [0, 0.05) is 18.8 Å². The number of aliphatic hydroxyl groups is 1. The minimum absolute atomic E-state index is 0.137. The molecule has 1 aliphatic rings. The molecule has 1 unspecified atom stereocenters. The maximum absolute atomic E-state index is 12.1. The largest absolute Gasteiger partial charge is 0.394 e. The van der Waals surface area contributed by atoms with Crippen LogP contribution in [0.3, 0.4) is 0 Å². The average molecular weight is 329 g/mol. The molecule has 0 bridgehead atoms. The van der Waals surface area contributed by atoms with E-state index in [1.807, 2.05) is 30.3 Å². The zero-order valence-electron chi connectivity index (χ0n) is 13.6. The highest BCUT2D eigenvalue weighted by Gasteiger charge is 2.22. The first-order chi connectivity index (χ1) is 11.8. The van der Waals surface area contributed by atoms with Gasteiger partial charge in [-0.2, -0.15) is 4.98 Å². The van der Waals surface area contributed by atoms with Gasteiger partial charge in [-0.25, -0.2) is 0 Å². The molecular formula is C18H23N3O3. The summed E-state index contributed by atoms with van der Waals surface area (Å²) in [6.07, 6.45) is 5.36. The van der Waals surface area contributed by atoms with Gasteiger partial charge in [0.25, 0.3) is 0 Å². The van der Waals surface area contributed by atoms with Crippen molar-refractivity contribution in [1.29, 1.82) is 0 Å². The van der Waals surface area contributed by atoms with Gasteiger partial charge in [0.15, 0.2) is 5.82 Å². The third-order valence-corrected chi connectivity index (χ3v) is 4.49. The Hall–Kier alpha value is -2.21. The van der Waals surface area contributed by atoms with Crippen molar-refractivity contribution in [2.24, 2.45) is 0 Å². The number of aromatic nitrogens is 2. The highest BCUT2D eigenvalue weighted by atomic mass is 16.5. The Morgan fingerprint density at radius 3 is 2.75 bits per heavy atom. The van der Waals surface area contributed by atoms with Crippen molar-refractivity contribution >= 4 is 5.91 Å². The molecule has 1 saturated carbocycles. The lowest BCUT2D eigenvalue weighted by Crippen LogP contribution is -2.30. The zero-order valence-corrected chi connectivity index (χ0v) is 13.6. The Balaban J connectivity index is 1.50. The molecule has 1 aromatic carbocycles. The van der Waals surface area contributed by atoms with E-state index in [4.69, 9.17) is 4.52 Å². The van der Waals surface area contributed by atoms with Gasteiger partial charge in [0.1, 0.15) is 0 Å². The first kappa shape index (κ1) is 16.6. The minimum atomic E-state index is -0.393. The lowest BCUT2D eigenvalue weighted by molar-refractivity contribution is -0.122. The summed E-state index contributed by atoms with van der Waals surface area (Å²) in [7, 11) is 0. The zero-order chi connectivity index (χ0) is 16.8. The van der Waals surface area contributed by atoms with E-state index in [9.17, 15) is 9.90 Å². The molecule has 1 heterocycles. The Kier molecular flexibility index (Phi) is 5.59. The third kappa shape index (κ3) is 4.20. The maximum Gasteiger partial charge on any atom is 0.227 e. The van der Waals surface area contributed by atoms with E-state index in [0.29, 0.717) is 18.2 Å². The normalized spacial score (nSPS) is 16.2. The number of aliphatic hydroxyl groups excluding tert-OH is 1. The van der Waals surface area contributed by atoms with Gasteiger partial charge in [-0.1, -0.05) is 48.3 Å². The van der Waals surface area contributed by atoms with Gasteiger partial charge in [-0.05, 0) is 18.4 Å². The maximum atomic E-state index is 12.1. The van der Waals surface area contributed by atoms with Crippen LogP contribution >= 0.6 is 0 Å². The number of nitrogens with zero attached hydrogens (tertiary/aromatic N) is 2. The van der Waals surface area contributed by atoms with Gasteiger partial charge in [-0.3, -0.25) is 4.79 Å². The van der Waals surface area contributed by atoms with Crippen molar-refractivity contribution in [2.75, 3.05) is 6.61 Å². The van der Waals surface area contributed by atoms with E-state index in [0.717, 1.165) is 24.2 Å². The van der Waals surface area contributed by atoms with Gasteiger partial charge in [0.05, 0.1) is 12.6 Å². The van der Waals surface area contributed by atoms with Crippen molar-refractivity contribution in [3.8, 4) is 0 Å². The van der Waals surface area contributed by atoms with Crippen molar-refractivity contribution in [3.63, 3.8) is 0 Å². The fourth-order valence-electron chi connectivity index (χ4n) is 3.13. The lowest BCUT2D eigenvalue weighted by atomic mass is 10.1. The average Bonchev–Trinajstić information content (AvgIpc) is 3.29. The molecule has 6 nitrogen and oxygen atoms in total. The summed E-state index contributed by atoms with van der Waals surface area (Å²) >= 11 is 0. The van der Waals surface area contributed by atoms with Crippen LogP contribution in [0.15, 0.2) is 34.9 Å². The third-order valence-electron chi connectivity index (χ3n) is 4.49. The molecule has 1 aromatic heterocycles. The van der Waals surface area contributed by atoms with Crippen LogP contribution in [-0.2, 0) is 11.2 Å². The van der Waals surface area contributed by atoms with E-state index in [1.54, 1.807) is 0 Å². The van der Waals surface area contributed by atoms with Crippen molar-refractivity contribution < 1.29 is 14.4 Å². The minimum Gasteiger partial charge on any atom is -0.394 e. The number of hydrogen-bond acceptors (Lipinski definition) is 5. The van der Waals surface area contributed by atoms with Gasteiger partial charge in [0.2, 0.25) is 11.8 Å². The number of carbonyl (C=O) groups excluding carboxylic acids is 1. The van der Waals surface area contributed by atoms with Crippen LogP contribution in [0.5, 0.6) is 0 Å². The highest BCUT2D eigenvalue weighted by Crippen LogP contribution is 2.32. The number of amides is 1. The lowest BCUT2D eigenvalue weighted by Gasteiger charge is -2.16. The number of carbonyl (C=O) groups is 1. The monoisotopic (exact) mass is 329 g/mol. The van der Waals surface area contributed by atoms with Crippen molar-refractivity contribution in [2.45, 2.75) is 50.5 Å². The summed E-state index contributed by atoms with van der Waals surface area (Å²) in [5, 5.41) is 16.4. The number of aryl methyl sites for hydroxylation is 1. The first-order valence-corrected chi connectivity index (χ1v) is 8.54. The first-order valence-electron chi connectivity index (χ1n) is 8.54. The molecular weight excluding hydrogens is 306 g/mol. The Labute approximate surface area is 141 Å². The SMILES string of the molecule is O=C(CCc1nc(C2CCCC2)no1)NC(CO)c1ccccc1. The topological polar surface area (TPSA) is 88.2 Å². The molecule has 1 atom stereocenters. The molecule has 6 heteroatoms. The van der Waals surface area contributed by atoms with Gasteiger partial charge >= 0.3 is 0 Å². The molecule has 0 aliphatic heterocycles. The van der Waals surface area contributed by atoms with Gasteiger partial charge < -0.3 is 14.9 Å². The second kappa shape index (κ2) is 8.06. The van der Waals surface area contributed by atoms with Crippen LogP contribution in [0.2, 0.25) is 0 Å². The quantitative estimate of drug-likeness (QED) is 0.815. The number of rotatable bonds is 7. The standard InChI is InChI=1S/C18H23N3O3/c22-12-15(13-6-2-1-3-7-13)19-16(23)10-11-17-20-18(21-24-17)14-8-4-5-9-14/h1-3,6-7,14-15,22H,4-5,8-12H2,(H,19,23). The summed E-state index contributed by atoms with van der Waals surface area (Å²) < 4.78 is 5.25. The van der Waals surface area contributed by atoms with Crippen LogP contribution < -0.4 is 5.32 Å². The molecule has 2 aromatic rings. The van der Waals surface area contributed by atoms with E-state index in [-0.39, 0.29) is 18.9 Å². The van der Waals surface area contributed by atoms with E-state index < -0.39 is 6.04 Å². The van der Waals surface area contributed by atoms with E-state index in [1.165, 1.54) is 12.8 Å². The van der Waals surface area contributed by atoms with Crippen LogP contribution in [-0.4, -0.2) is 27.8 Å². The fraction of sp³-hybridized carbons (Fsp3) is 0.500. The Morgan fingerprint density at radius 2 is 2.04 bits per heavy atom. The number of nitrogens with one attached hydrogen (secondary N) is 1. The smallest absolute Gasteiger partial charge is 0.227 e. The fourth-order valence-corrected chi connectivity index (χ4v) is 3.13. The van der Waals surface area contributed by atoms with Crippen LogP contribution in [0.25, 0.3) is 0 Å². The second-order valence-corrected chi connectivity index (χ2v) is 6.24. The molecule has 1 fully saturated rings. The predicted molar refractivity (Wildman–Crippen MR) is 88.2 cm³/mol. The van der Waals surface area contributed by atoms with E-state index in [2.05, 4.69) is 15.5 Å². The second-order valence-electron chi connectivity index (χ2n) is 6.24. The van der Waals surface area contributed by atoms with Crippen LogP contribution in [0.1, 0.15) is 61.3 Å². The summed E-state index contributed by atoms with van der Waals surface area (Å²) in [5.41, 5.74) is 0.884. The van der Waals surface area contributed by atoms with Crippen LogP contribution in [0, 0.1) is 0 Å². The summed E-state index contributed by atoms with van der Waals surface area (Å²) in [5.74, 6) is 1.56. The Bertz CT molecular complexity index is 651. The summed E-state index contributed by atoms with van der Waals surface area (Å²) in [6.45, 7) is -0.137. The number of benzene rings is 1. The molecule has 24 heavy (non-hydrogen) atoms. The summed E-state index contributed by atoms with van der Waals surface area (Å²) in [4.78, 5) is 16.5. The molecule has 0 saturated heterocycles. The predicted octanol–water partition coefficient (Wildman–Crippen LogP) is 2.51. The van der Waals surface area contributed by atoms with E-state index >= 15 is 0 Å². The molecule has 0 spiro atoms. The molecule has 0 radical (unpaired) electrons. The summed E-state index contributed by atoms with van der Waals surface area (Å²) in [6, 6.07) is 9.04. The molecule has 2 N–H and O–H groups in total. The van der Waals surface area contributed by atoms with Gasteiger partial charge in [-0.15, -0.1) is 0 Å². The highest BCUT2D eigenvalue weighted by molar-refractivity contribution is 5.76. The molecule has 1 aliphatic carbocycles. The molecule has 128 valence electrons.